The van der Waals surface area contributed by atoms with Crippen LogP contribution in [0.25, 0.3) is 0 Å². The van der Waals surface area contributed by atoms with Gasteiger partial charge in [-0.15, -0.1) is 0 Å². The molecule has 0 spiro atoms. The van der Waals surface area contributed by atoms with E-state index in [9.17, 15) is 13.9 Å². The highest BCUT2D eigenvalue weighted by molar-refractivity contribution is 5.42. The van der Waals surface area contributed by atoms with Crippen LogP contribution in [0.4, 0.5) is 8.78 Å². The summed E-state index contributed by atoms with van der Waals surface area (Å²) in [6, 6.07) is 2.11. The molecule has 1 aliphatic carbocycles. The van der Waals surface area contributed by atoms with Gasteiger partial charge in [-0.05, 0) is 25.0 Å². The van der Waals surface area contributed by atoms with E-state index in [2.05, 4.69) is 0 Å². The number of halogens is 2. The lowest BCUT2D eigenvalue weighted by Gasteiger charge is -2.41. The maximum atomic E-state index is 13.6. The van der Waals surface area contributed by atoms with Crippen LogP contribution in [0.5, 0.6) is 5.75 Å². The molecule has 1 aromatic carbocycles. The molecule has 1 saturated carbocycles. The van der Waals surface area contributed by atoms with Crippen LogP contribution in [-0.2, 0) is 5.41 Å². The molecule has 2 nitrogen and oxygen atoms in total. The third-order valence-corrected chi connectivity index (χ3v) is 3.30. The number of hydrogen-bond donors (Lipinski definition) is 2. The zero-order valence-corrected chi connectivity index (χ0v) is 8.26. The number of phenolic OH excluding ortho intramolecular Hbond substituents is 1. The van der Waals surface area contributed by atoms with Crippen molar-refractivity contribution in [1.29, 1.82) is 0 Å². The molecule has 0 aliphatic heterocycles. The summed E-state index contributed by atoms with van der Waals surface area (Å²) in [4.78, 5) is 0. The highest BCUT2D eigenvalue weighted by Gasteiger charge is 2.42. The van der Waals surface area contributed by atoms with Crippen molar-refractivity contribution in [3.8, 4) is 5.75 Å². The first-order chi connectivity index (χ1) is 7.10. The molecule has 3 N–H and O–H groups in total. The van der Waals surface area contributed by atoms with Crippen molar-refractivity contribution in [3.05, 3.63) is 29.3 Å². The van der Waals surface area contributed by atoms with Crippen LogP contribution in [0.1, 0.15) is 24.8 Å². The van der Waals surface area contributed by atoms with Gasteiger partial charge in [0, 0.05) is 17.5 Å². The SMILES string of the molecule is NCC1(c2c(O)ccc(F)c2F)CCC1. The second-order valence-electron chi connectivity index (χ2n) is 4.09. The molecule has 1 aliphatic rings. The van der Waals surface area contributed by atoms with Gasteiger partial charge >= 0.3 is 0 Å². The van der Waals surface area contributed by atoms with Crippen molar-refractivity contribution < 1.29 is 13.9 Å². The van der Waals surface area contributed by atoms with Crippen LogP contribution in [0.3, 0.4) is 0 Å². The summed E-state index contributed by atoms with van der Waals surface area (Å²) in [5.41, 5.74) is 5.08. The predicted molar refractivity (Wildman–Crippen MR) is 52.6 cm³/mol. The maximum absolute atomic E-state index is 13.6. The first kappa shape index (κ1) is 10.4. The van der Waals surface area contributed by atoms with Crippen molar-refractivity contribution >= 4 is 0 Å². The van der Waals surface area contributed by atoms with Gasteiger partial charge < -0.3 is 10.8 Å². The standard InChI is InChI=1S/C11H13F2NO/c12-7-2-3-8(15)9(10(7)13)11(6-14)4-1-5-11/h2-3,15H,1,4-6,14H2. The average molecular weight is 213 g/mol. The van der Waals surface area contributed by atoms with E-state index in [0.29, 0.717) is 12.8 Å². The number of hydrogen-bond acceptors (Lipinski definition) is 2. The highest BCUT2D eigenvalue weighted by Crippen LogP contribution is 2.47. The predicted octanol–water partition coefficient (Wildman–Crippen LogP) is 2.05. The minimum atomic E-state index is -0.958. The molecule has 0 radical (unpaired) electrons. The number of benzene rings is 1. The summed E-state index contributed by atoms with van der Waals surface area (Å²) in [5, 5.41) is 9.59. The molecule has 1 aromatic rings. The normalized spacial score (nSPS) is 18.6. The quantitative estimate of drug-likeness (QED) is 0.789. The van der Waals surface area contributed by atoms with Gasteiger partial charge in [-0.1, -0.05) is 6.42 Å². The molecule has 0 saturated heterocycles. The molecular formula is C11H13F2NO. The maximum Gasteiger partial charge on any atom is 0.166 e. The Morgan fingerprint density at radius 3 is 2.47 bits per heavy atom. The third-order valence-electron chi connectivity index (χ3n) is 3.30. The van der Waals surface area contributed by atoms with Crippen molar-refractivity contribution in [2.24, 2.45) is 5.73 Å². The Balaban J connectivity index is 2.55. The fraction of sp³-hybridized carbons (Fsp3) is 0.455. The van der Waals surface area contributed by atoms with Gasteiger partial charge in [-0.3, -0.25) is 0 Å². The number of aromatic hydroxyl groups is 1. The zero-order valence-electron chi connectivity index (χ0n) is 8.26. The van der Waals surface area contributed by atoms with Gasteiger partial charge in [0.15, 0.2) is 11.6 Å². The van der Waals surface area contributed by atoms with Gasteiger partial charge in [0.05, 0.1) is 0 Å². The Morgan fingerprint density at radius 1 is 1.33 bits per heavy atom. The molecule has 0 bridgehead atoms. The summed E-state index contributed by atoms with van der Waals surface area (Å²) < 4.78 is 26.6. The number of phenols is 1. The van der Waals surface area contributed by atoms with Crippen molar-refractivity contribution in [1.82, 2.24) is 0 Å². The molecule has 0 aromatic heterocycles. The Labute approximate surface area is 86.7 Å². The van der Waals surface area contributed by atoms with E-state index in [-0.39, 0.29) is 17.9 Å². The smallest absolute Gasteiger partial charge is 0.166 e. The summed E-state index contributed by atoms with van der Waals surface area (Å²) >= 11 is 0. The molecule has 0 atom stereocenters. The lowest BCUT2D eigenvalue weighted by Crippen LogP contribution is -2.42. The van der Waals surface area contributed by atoms with Crippen molar-refractivity contribution in [2.45, 2.75) is 24.7 Å². The number of nitrogens with two attached hydrogens (primary N) is 1. The molecule has 82 valence electrons. The van der Waals surface area contributed by atoms with E-state index < -0.39 is 17.0 Å². The summed E-state index contributed by atoms with van der Waals surface area (Å²) in [6.07, 6.45) is 2.35. The topological polar surface area (TPSA) is 46.2 Å². The minimum absolute atomic E-state index is 0.0521. The lowest BCUT2D eigenvalue weighted by atomic mass is 9.64. The molecule has 0 unspecified atom stereocenters. The van der Waals surface area contributed by atoms with E-state index in [1.807, 2.05) is 0 Å². The molecule has 2 rings (SSSR count). The van der Waals surface area contributed by atoms with Gasteiger partial charge in [-0.25, -0.2) is 8.78 Å². The van der Waals surface area contributed by atoms with E-state index in [1.54, 1.807) is 0 Å². The fourth-order valence-electron chi connectivity index (χ4n) is 2.20. The van der Waals surface area contributed by atoms with Crippen LogP contribution in [0.15, 0.2) is 12.1 Å². The van der Waals surface area contributed by atoms with E-state index in [4.69, 9.17) is 5.73 Å². The highest BCUT2D eigenvalue weighted by atomic mass is 19.2. The molecular weight excluding hydrogens is 200 g/mol. The van der Waals surface area contributed by atoms with E-state index in [1.165, 1.54) is 6.07 Å². The second kappa shape index (κ2) is 3.45. The molecule has 4 heteroatoms. The van der Waals surface area contributed by atoms with E-state index in [0.717, 1.165) is 12.5 Å². The van der Waals surface area contributed by atoms with Gasteiger partial charge in [0.1, 0.15) is 5.75 Å². The van der Waals surface area contributed by atoms with Crippen LogP contribution >= 0.6 is 0 Å². The van der Waals surface area contributed by atoms with Crippen molar-refractivity contribution in [3.63, 3.8) is 0 Å². The van der Waals surface area contributed by atoms with Crippen molar-refractivity contribution in [2.75, 3.05) is 6.54 Å². The Bertz CT molecular complexity index is 383. The lowest BCUT2D eigenvalue weighted by molar-refractivity contribution is 0.233. The van der Waals surface area contributed by atoms with Crippen LogP contribution < -0.4 is 5.73 Å². The summed E-state index contributed by atoms with van der Waals surface area (Å²) in [5.74, 6) is -2.08. The minimum Gasteiger partial charge on any atom is -0.508 e. The monoisotopic (exact) mass is 213 g/mol. The Morgan fingerprint density at radius 2 is 2.00 bits per heavy atom. The first-order valence-electron chi connectivity index (χ1n) is 4.98. The van der Waals surface area contributed by atoms with Crippen LogP contribution in [0, 0.1) is 11.6 Å². The third kappa shape index (κ3) is 1.40. The average Bonchev–Trinajstić information content (AvgIpc) is 2.16. The summed E-state index contributed by atoms with van der Waals surface area (Å²) in [7, 11) is 0. The Hall–Kier alpha value is -1.16. The molecule has 0 heterocycles. The van der Waals surface area contributed by atoms with Crippen LogP contribution in [-0.4, -0.2) is 11.7 Å². The van der Waals surface area contributed by atoms with Gasteiger partial charge in [-0.2, -0.15) is 0 Å². The molecule has 1 fully saturated rings. The largest absolute Gasteiger partial charge is 0.508 e. The summed E-state index contributed by atoms with van der Waals surface area (Å²) in [6.45, 7) is 0.237. The zero-order chi connectivity index (χ0) is 11.1. The van der Waals surface area contributed by atoms with Gasteiger partial charge in [0.25, 0.3) is 0 Å². The second-order valence-corrected chi connectivity index (χ2v) is 4.09. The number of rotatable bonds is 2. The van der Waals surface area contributed by atoms with Gasteiger partial charge in [0.2, 0.25) is 0 Å². The molecule has 0 amide bonds. The fourth-order valence-corrected chi connectivity index (χ4v) is 2.20. The molecule has 15 heavy (non-hydrogen) atoms. The first-order valence-corrected chi connectivity index (χ1v) is 4.98. The van der Waals surface area contributed by atoms with E-state index >= 15 is 0 Å². The van der Waals surface area contributed by atoms with Crippen LogP contribution in [0.2, 0.25) is 0 Å². The Kier molecular flexibility index (Phi) is 2.38.